The molecule has 1 saturated heterocycles. The summed E-state index contributed by atoms with van der Waals surface area (Å²) in [4.78, 5) is 30.8. The molecular formula is C21H17ClN4O2. The summed E-state index contributed by atoms with van der Waals surface area (Å²) in [6.07, 6.45) is 2.08. The number of rotatable bonds is 2. The number of hydrogen-bond acceptors (Lipinski definition) is 3. The van der Waals surface area contributed by atoms with Gasteiger partial charge >= 0.3 is 0 Å². The molecule has 2 aromatic carbocycles. The standard InChI is InChI=1S/C21H17ClN4O2/c22-14-7-5-13(6-8-14)10-23-26-12-20(27)25-11-18-16(9-19(25)21(26)28)15-3-1-2-4-17(15)24-18/h1-8,10,19,24H,9,11-12H2/b23-10-/t19-/m0/s1. The highest BCUT2D eigenvalue weighted by atomic mass is 35.5. The molecule has 0 bridgehead atoms. The van der Waals surface area contributed by atoms with Crippen molar-refractivity contribution in [3.8, 4) is 0 Å². The quantitative estimate of drug-likeness (QED) is 0.681. The molecule has 0 radical (unpaired) electrons. The summed E-state index contributed by atoms with van der Waals surface area (Å²) in [6.45, 7) is 0.378. The van der Waals surface area contributed by atoms with Gasteiger partial charge in [0.05, 0.1) is 12.8 Å². The molecule has 3 heterocycles. The van der Waals surface area contributed by atoms with E-state index in [2.05, 4.69) is 10.1 Å². The van der Waals surface area contributed by atoms with Crippen LogP contribution in [-0.4, -0.2) is 45.5 Å². The maximum Gasteiger partial charge on any atom is 0.266 e. The molecule has 0 unspecified atom stereocenters. The van der Waals surface area contributed by atoms with Crippen molar-refractivity contribution in [2.75, 3.05) is 6.54 Å². The lowest BCUT2D eigenvalue weighted by atomic mass is 9.94. The van der Waals surface area contributed by atoms with Gasteiger partial charge in [-0.3, -0.25) is 9.59 Å². The van der Waals surface area contributed by atoms with Crippen molar-refractivity contribution in [2.45, 2.75) is 19.0 Å². The summed E-state index contributed by atoms with van der Waals surface area (Å²) in [6, 6.07) is 14.6. The number of aromatic nitrogens is 1. The SMILES string of the molecule is O=C1[C@@H]2Cc3c([nH]c4ccccc34)CN2C(=O)CN1/N=C\c1ccc(Cl)cc1. The van der Waals surface area contributed by atoms with Crippen molar-refractivity contribution in [1.29, 1.82) is 0 Å². The van der Waals surface area contributed by atoms with Gasteiger partial charge in [-0.15, -0.1) is 0 Å². The van der Waals surface area contributed by atoms with Crippen molar-refractivity contribution >= 4 is 40.5 Å². The van der Waals surface area contributed by atoms with Gasteiger partial charge in [0, 0.05) is 28.0 Å². The number of nitrogens with zero attached hydrogens (tertiary/aromatic N) is 3. The van der Waals surface area contributed by atoms with Crippen molar-refractivity contribution in [1.82, 2.24) is 14.9 Å². The van der Waals surface area contributed by atoms with E-state index in [9.17, 15) is 9.59 Å². The minimum atomic E-state index is -0.518. The molecule has 6 nitrogen and oxygen atoms in total. The molecule has 2 aliphatic rings. The number of hydrazone groups is 1. The molecule has 1 fully saturated rings. The summed E-state index contributed by atoms with van der Waals surface area (Å²) >= 11 is 5.89. The van der Waals surface area contributed by atoms with Gasteiger partial charge in [-0.1, -0.05) is 41.9 Å². The first kappa shape index (κ1) is 17.0. The van der Waals surface area contributed by atoms with Crippen molar-refractivity contribution in [2.24, 2.45) is 5.10 Å². The number of amides is 2. The first-order valence-electron chi connectivity index (χ1n) is 9.09. The monoisotopic (exact) mass is 392 g/mol. The predicted molar refractivity (Wildman–Crippen MR) is 107 cm³/mol. The van der Waals surface area contributed by atoms with Gasteiger partial charge < -0.3 is 9.88 Å². The first-order chi connectivity index (χ1) is 13.6. The van der Waals surface area contributed by atoms with Crippen LogP contribution < -0.4 is 0 Å². The van der Waals surface area contributed by atoms with Crippen LogP contribution >= 0.6 is 11.6 Å². The molecule has 1 N–H and O–H groups in total. The largest absolute Gasteiger partial charge is 0.357 e. The van der Waals surface area contributed by atoms with Crippen LogP contribution in [0.4, 0.5) is 0 Å². The topological polar surface area (TPSA) is 68.8 Å². The highest BCUT2D eigenvalue weighted by molar-refractivity contribution is 6.30. The number of piperazine rings is 1. The molecule has 0 spiro atoms. The van der Waals surface area contributed by atoms with E-state index in [1.165, 1.54) is 5.01 Å². The number of H-pyrrole nitrogens is 1. The third-order valence-electron chi connectivity index (χ3n) is 5.37. The maximum absolute atomic E-state index is 13.0. The summed E-state index contributed by atoms with van der Waals surface area (Å²) in [7, 11) is 0. The Labute approximate surface area is 166 Å². The average molecular weight is 393 g/mol. The van der Waals surface area contributed by atoms with E-state index in [1.807, 2.05) is 36.4 Å². The number of carbonyl (C=O) groups excluding carboxylic acids is 2. The smallest absolute Gasteiger partial charge is 0.266 e. The van der Waals surface area contributed by atoms with Gasteiger partial charge in [-0.25, -0.2) is 5.01 Å². The molecule has 1 aromatic heterocycles. The van der Waals surface area contributed by atoms with Crippen LogP contribution in [0.1, 0.15) is 16.8 Å². The summed E-state index contributed by atoms with van der Waals surface area (Å²) in [5, 5.41) is 7.29. The molecule has 0 saturated carbocycles. The highest BCUT2D eigenvalue weighted by Gasteiger charge is 2.43. The lowest BCUT2D eigenvalue weighted by Gasteiger charge is -2.40. The minimum Gasteiger partial charge on any atom is -0.357 e. The second-order valence-corrected chi connectivity index (χ2v) is 7.50. The van der Waals surface area contributed by atoms with Crippen LogP contribution in [0.2, 0.25) is 5.02 Å². The van der Waals surface area contributed by atoms with E-state index in [0.29, 0.717) is 18.0 Å². The molecule has 0 aliphatic carbocycles. The second kappa shape index (κ2) is 6.49. The maximum atomic E-state index is 13.0. The van der Waals surface area contributed by atoms with Crippen LogP contribution in [0.15, 0.2) is 53.6 Å². The lowest BCUT2D eigenvalue weighted by Crippen LogP contribution is -2.60. The molecule has 2 amide bonds. The lowest BCUT2D eigenvalue weighted by molar-refractivity contribution is -0.157. The Morgan fingerprint density at radius 3 is 2.68 bits per heavy atom. The number of halogens is 1. The van der Waals surface area contributed by atoms with Crippen molar-refractivity contribution in [3.63, 3.8) is 0 Å². The molecule has 28 heavy (non-hydrogen) atoms. The Bertz CT molecular complexity index is 1120. The van der Waals surface area contributed by atoms with Crippen LogP contribution in [0.25, 0.3) is 10.9 Å². The number of para-hydroxylation sites is 1. The first-order valence-corrected chi connectivity index (χ1v) is 9.47. The fourth-order valence-electron chi connectivity index (χ4n) is 3.94. The van der Waals surface area contributed by atoms with Crippen LogP contribution in [0.3, 0.4) is 0 Å². The molecule has 5 rings (SSSR count). The van der Waals surface area contributed by atoms with Crippen LogP contribution in [0, 0.1) is 0 Å². The number of aromatic amines is 1. The van der Waals surface area contributed by atoms with Gasteiger partial charge in [0.25, 0.3) is 5.91 Å². The summed E-state index contributed by atoms with van der Waals surface area (Å²) < 4.78 is 0. The number of fused-ring (bicyclic) bond motifs is 4. The fourth-order valence-corrected chi connectivity index (χ4v) is 4.07. The Balaban J connectivity index is 1.44. The highest BCUT2D eigenvalue weighted by Crippen LogP contribution is 2.32. The van der Waals surface area contributed by atoms with E-state index < -0.39 is 6.04 Å². The predicted octanol–water partition coefficient (Wildman–Crippen LogP) is 2.95. The summed E-state index contributed by atoms with van der Waals surface area (Å²) in [5.41, 5.74) is 3.97. The summed E-state index contributed by atoms with van der Waals surface area (Å²) in [5.74, 6) is -0.247. The molecule has 7 heteroatoms. The third-order valence-corrected chi connectivity index (χ3v) is 5.62. The Kier molecular flexibility index (Phi) is 3.94. The average Bonchev–Trinajstić information content (AvgIpc) is 3.07. The fraction of sp³-hybridized carbons (Fsp3) is 0.190. The molecule has 1 atom stereocenters. The van der Waals surface area contributed by atoms with E-state index >= 15 is 0 Å². The normalized spacial score (nSPS) is 19.4. The van der Waals surface area contributed by atoms with E-state index in [1.54, 1.807) is 23.2 Å². The Morgan fingerprint density at radius 2 is 1.86 bits per heavy atom. The van der Waals surface area contributed by atoms with Gasteiger partial charge in [0.2, 0.25) is 5.91 Å². The number of benzene rings is 2. The number of nitrogens with one attached hydrogen (secondary N) is 1. The Morgan fingerprint density at radius 1 is 1.07 bits per heavy atom. The second-order valence-electron chi connectivity index (χ2n) is 7.06. The number of hydrogen-bond donors (Lipinski definition) is 1. The molecule has 140 valence electrons. The third kappa shape index (κ3) is 2.77. The van der Waals surface area contributed by atoms with Gasteiger partial charge in [0.15, 0.2) is 0 Å². The van der Waals surface area contributed by atoms with Crippen molar-refractivity contribution < 1.29 is 9.59 Å². The Hall–Kier alpha value is -3.12. The minimum absolute atomic E-state index is 0.0466. The van der Waals surface area contributed by atoms with E-state index in [-0.39, 0.29) is 18.4 Å². The van der Waals surface area contributed by atoms with E-state index in [4.69, 9.17) is 11.6 Å². The zero-order chi connectivity index (χ0) is 19.3. The molecular weight excluding hydrogens is 376 g/mol. The van der Waals surface area contributed by atoms with Crippen molar-refractivity contribution in [3.05, 3.63) is 70.4 Å². The van der Waals surface area contributed by atoms with E-state index in [0.717, 1.165) is 27.7 Å². The van der Waals surface area contributed by atoms with Gasteiger partial charge in [-0.2, -0.15) is 5.10 Å². The van der Waals surface area contributed by atoms with Gasteiger partial charge in [-0.05, 0) is 29.3 Å². The molecule has 3 aromatic rings. The zero-order valence-electron chi connectivity index (χ0n) is 14.9. The molecule has 2 aliphatic heterocycles. The zero-order valence-corrected chi connectivity index (χ0v) is 15.7. The van der Waals surface area contributed by atoms with Gasteiger partial charge in [0.1, 0.15) is 12.6 Å². The van der Waals surface area contributed by atoms with Crippen LogP contribution in [-0.2, 0) is 22.6 Å². The van der Waals surface area contributed by atoms with Crippen LogP contribution in [0.5, 0.6) is 0 Å². The number of carbonyl (C=O) groups is 2.